The number of nitrogens with one attached hydrogen (secondary N) is 1. The lowest BCUT2D eigenvalue weighted by molar-refractivity contribution is -0.127. The first-order chi connectivity index (χ1) is 12.6. The number of piperidine rings is 1. The van der Waals surface area contributed by atoms with Crippen LogP contribution in [0, 0.1) is 5.92 Å². The molecular formula is C20H29N3O2S. The van der Waals surface area contributed by atoms with Gasteiger partial charge in [0, 0.05) is 42.7 Å². The number of anilines is 1. The van der Waals surface area contributed by atoms with Crippen molar-refractivity contribution in [2.24, 2.45) is 5.92 Å². The fraction of sp³-hybridized carbons (Fsp3) is 0.600. The molecule has 0 bridgehead atoms. The number of hydrogen-bond acceptors (Lipinski definition) is 4. The van der Waals surface area contributed by atoms with Crippen LogP contribution in [0.5, 0.6) is 0 Å². The van der Waals surface area contributed by atoms with Gasteiger partial charge >= 0.3 is 0 Å². The number of amides is 2. The van der Waals surface area contributed by atoms with Crippen LogP contribution in [-0.4, -0.2) is 55.2 Å². The van der Waals surface area contributed by atoms with Crippen molar-refractivity contribution in [3.8, 4) is 0 Å². The van der Waals surface area contributed by atoms with Crippen LogP contribution >= 0.6 is 11.8 Å². The molecule has 3 rings (SSSR count). The highest BCUT2D eigenvalue weighted by Crippen LogP contribution is 2.27. The molecule has 2 amide bonds. The smallest absolute Gasteiger partial charge is 0.227 e. The maximum Gasteiger partial charge on any atom is 0.227 e. The predicted octanol–water partition coefficient (Wildman–Crippen LogP) is 2.75. The average Bonchev–Trinajstić information content (AvgIpc) is 3.05. The molecule has 5 nitrogen and oxygen atoms in total. The molecule has 6 heteroatoms. The lowest BCUT2D eigenvalue weighted by Gasteiger charge is -2.32. The Balaban J connectivity index is 1.52. The van der Waals surface area contributed by atoms with Crippen LogP contribution in [-0.2, 0) is 9.59 Å². The number of nitrogens with zero attached hydrogens (tertiary/aromatic N) is 2. The first kappa shape index (κ1) is 19.2. The molecule has 0 spiro atoms. The molecule has 2 fully saturated rings. The summed E-state index contributed by atoms with van der Waals surface area (Å²) in [7, 11) is 0. The van der Waals surface area contributed by atoms with Crippen molar-refractivity contribution in [3.05, 3.63) is 24.3 Å². The normalized spacial score (nSPS) is 22.0. The summed E-state index contributed by atoms with van der Waals surface area (Å²) < 4.78 is 0. The zero-order chi connectivity index (χ0) is 18.5. The van der Waals surface area contributed by atoms with E-state index in [4.69, 9.17) is 0 Å². The molecule has 2 saturated heterocycles. The zero-order valence-electron chi connectivity index (χ0n) is 15.7. The van der Waals surface area contributed by atoms with E-state index in [9.17, 15) is 9.59 Å². The molecule has 0 saturated carbocycles. The first-order valence-corrected chi connectivity index (χ1v) is 10.8. The second kappa shape index (κ2) is 8.91. The summed E-state index contributed by atoms with van der Waals surface area (Å²) in [5.74, 6) is -0.160. The van der Waals surface area contributed by atoms with Gasteiger partial charge in [0.25, 0.3) is 0 Å². The molecule has 0 aliphatic carbocycles. The largest absolute Gasteiger partial charge is 0.353 e. The number of carbonyl (C=O) groups excluding carboxylic acids is 2. The molecule has 1 aromatic carbocycles. The van der Waals surface area contributed by atoms with Crippen molar-refractivity contribution in [2.45, 2.75) is 43.5 Å². The molecule has 1 aromatic rings. The maximum absolute atomic E-state index is 12.6. The van der Waals surface area contributed by atoms with Crippen molar-refractivity contribution < 1.29 is 9.59 Å². The lowest BCUT2D eigenvalue weighted by atomic mass is 10.0. The summed E-state index contributed by atoms with van der Waals surface area (Å²) in [6, 6.07) is 8.22. The van der Waals surface area contributed by atoms with Crippen molar-refractivity contribution in [3.63, 3.8) is 0 Å². The Bertz CT molecular complexity index is 626. The lowest BCUT2D eigenvalue weighted by Crippen LogP contribution is -2.46. The van der Waals surface area contributed by atoms with E-state index in [1.165, 1.54) is 11.3 Å². The minimum absolute atomic E-state index is 0.0375. The van der Waals surface area contributed by atoms with Crippen molar-refractivity contribution in [1.29, 1.82) is 0 Å². The van der Waals surface area contributed by atoms with Crippen LogP contribution in [0.1, 0.15) is 32.6 Å². The Morgan fingerprint density at radius 1 is 1.23 bits per heavy atom. The topological polar surface area (TPSA) is 52.7 Å². The highest BCUT2D eigenvalue weighted by molar-refractivity contribution is 7.98. The highest BCUT2D eigenvalue weighted by atomic mass is 32.2. The molecule has 2 heterocycles. The van der Waals surface area contributed by atoms with E-state index in [0.29, 0.717) is 13.0 Å². The fourth-order valence-corrected chi connectivity index (χ4v) is 4.24. The molecule has 142 valence electrons. The number of benzene rings is 1. The predicted molar refractivity (Wildman–Crippen MR) is 107 cm³/mol. The van der Waals surface area contributed by atoms with Crippen LogP contribution in [0.25, 0.3) is 0 Å². The van der Waals surface area contributed by atoms with E-state index in [1.54, 1.807) is 16.7 Å². The Morgan fingerprint density at radius 3 is 2.54 bits per heavy atom. The van der Waals surface area contributed by atoms with Crippen LogP contribution in [0.3, 0.4) is 0 Å². The number of hydrogen-bond donors (Lipinski definition) is 1. The maximum atomic E-state index is 12.6. The second-order valence-corrected chi connectivity index (χ2v) is 8.11. The van der Waals surface area contributed by atoms with Gasteiger partial charge in [-0.15, -0.1) is 11.8 Å². The van der Waals surface area contributed by atoms with Gasteiger partial charge in [0.1, 0.15) is 0 Å². The summed E-state index contributed by atoms with van der Waals surface area (Å²) in [6.45, 7) is 5.93. The van der Waals surface area contributed by atoms with Crippen LogP contribution in [0.4, 0.5) is 5.69 Å². The van der Waals surface area contributed by atoms with E-state index in [-0.39, 0.29) is 23.8 Å². The third-order valence-corrected chi connectivity index (χ3v) is 6.10. The minimum Gasteiger partial charge on any atom is -0.353 e. The Kier molecular flexibility index (Phi) is 6.59. The van der Waals surface area contributed by atoms with Gasteiger partial charge in [0.15, 0.2) is 0 Å². The molecular weight excluding hydrogens is 346 g/mol. The van der Waals surface area contributed by atoms with E-state index in [1.807, 2.05) is 30.5 Å². The molecule has 2 aliphatic rings. The fourth-order valence-electron chi connectivity index (χ4n) is 3.83. The van der Waals surface area contributed by atoms with E-state index < -0.39 is 0 Å². The number of likely N-dealkylation sites (tertiary alicyclic amines) is 1. The van der Waals surface area contributed by atoms with Crippen LogP contribution in [0.2, 0.25) is 0 Å². The molecule has 0 radical (unpaired) electrons. The van der Waals surface area contributed by atoms with Gasteiger partial charge in [-0.25, -0.2) is 0 Å². The standard InChI is InChI=1S/C20H29N3O2S/c1-3-10-22-11-8-16(9-12-22)21-20(25)15-13-19(24)23(14-15)17-4-6-18(26-2)7-5-17/h4-7,15-16H,3,8-14H2,1-2H3,(H,21,25). The highest BCUT2D eigenvalue weighted by Gasteiger charge is 2.36. The Hall–Kier alpha value is -1.53. The SMILES string of the molecule is CCCN1CCC(NC(=O)C2CC(=O)N(c3ccc(SC)cc3)C2)CC1. The third kappa shape index (κ3) is 4.60. The molecule has 1 atom stereocenters. The summed E-state index contributed by atoms with van der Waals surface area (Å²) in [5, 5.41) is 3.19. The van der Waals surface area contributed by atoms with Gasteiger partial charge in [-0.2, -0.15) is 0 Å². The second-order valence-electron chi connectivity index (χ2n) is 7.23. The molecule has 2 aliphatic heterocycles. The van der Waals surface area contributed by atoms with Crippen molar-refractivity contribution in [1.82, 2.24) is 10.2 Å². The van der Waals surface area contributed by atoms with Gasteiger partial charge in [-0.05, 0) is 56.3 Å². The molecule has 1 unspecified atom stereocenters. The Morgan fingerprint density at radius 2 is 1.92 bits per heavy atom. The molecule has 0 aromatic heterocycles. The zero-order valence-corrected chi connectivity index (χ0v) is 16.6. The quantitative estimate of drug-likeness (QED) is 0.777. The van der Waals surface area contributed by atoms with E-state index >= 15 is 0 Å². The summed E-state index contributed by atoms with van der Waals surface area (Å²) >= 11 is 1.68. The first-order valence-electron chi connectivity index (χ1n) is 9.58. The molecule has 26 heavy (non-hydrogen) atoms. The van der Waals surface area contributed by atoms with E-state index in [0.717, 1.165) is 38.2 Å². The van der Waals surface area contributed by atoms with Gasteiger partial charge in [-0.3, -0.25) is 9.59 Å². The van der Waals surface area contributed by atoms with Gasteiger partial charge in [0.05, 0.1) is 5.92 Å². The van der Waals surface area contributed by atoms with Gasteiger partial charge in [-0.1, -0.05) is 6.92 Å². The van der Waals surface area contributed by atoms with Gasteiger partial charge in [0.2, 0.25) is 11.8 Å². The number of thioether (sulfide) groups is 1. The molecule has 1 N–H and O–H groups in total. The summed E-state index contributed by atoms with van der Waals surface area (Å²) in [5.41, 5.74) is 0.885. The average molecular weight is 376 g/mol. The minimum atomic E-state index is -0.239. The van der Waals surface area contributed by atoms with E-state index in [2.05, 4.69) is 17.1 Å². The number of rotatable bonds is 6. The van der Waals surface area contributed by atoms with Crippen molar-refractivity contribution in [2.75, 3.05) is 37.3 Å². The van der Waals surface area contributed by atoms with Crippen LogP contribution in [0.15, 0.2) is 29.2 Å². The van der Waals surface area contributed by atoms with Crippen molar-refractivity contribution >= 4 is 29.3 Å². The van der Waals surface area contributed by atoms with Crippen LogP contribution < -0.4 is 10.2 Å². The third-order valence-electron chi connectivity index (χ3n) is 5.35. The monoisotopic (exact) mass is 375 g/mol. The Labute approximate surface area is 160 Å². The van der Waals surface area contributed by atoms with Gasteiger partial charge < -0.3 is 15.1 Å². The number of carbonyl (C=O) groups is 2. The summed E-state index contributed by atoms with van der Waals surface area (Å²) in [6.07, 6.45) is 5.53. The summed E-state index contributed by atoms with van der Waals surface area (Å²) in [4.78, 5) is 30.4.